The van der Waals surface area contributed by atoms with Crippen molar-refractivity contribution in [3.8, 4) is 0 Å². The second kappa shape index (κ2) is 4.28. The zero-order valence-electron chi connectivity index (χ0n) is 11.2. The van der Waals surface area contributed by atoms with Crippen molar-refractivity contribution >= 4 is 18.9 Å². The van der Waals surface area contributed by atoms with Crippen LogP contribution in [0, 0.1) is 0 Å². The van der Waals surface area contributed by atoms with Gasteiger partial charge in [-0.2, -0.15) is 11.8 Å². The molecule has 0 radical (unpaired) electrons. The third-order valence-electron chi connectivity index (χ3n) is 3.87. The van der Waals surface area contributed by atoms with E-state index in [1.165, 1.54) is 0 Å². The van der Waals surface area contributed by atoms with Gasteiger partial charge in [-0.25, -0.2) is 4.39 Å². The van der Waals surface area contributed by atoms with Gasteiger partial charge in [-0.1, -0.05) is 6.92 Å². The molecule has 2 aliphatic rings. The molecule has 17 heavy (non-hydrogen) atoms. The van der Waals surface area contributed by atoms with Gasteiger partial charge in [-0.3, -0.25) is 0 Å². The molecule has 2 aliphatic heterocycles. The summed E-state index contributed by atoms with van der Waals surface area (Å²) < 4.78 is 25.7. The van der Waals surface area contributed by atoms with Gasteiger partial charge in [-0.05, 0) is 39.7 Å². The Morgan fingerprint density at radius 2 is 1.82 bits per heavy atom. The molecule has 5 heteroatoms. The summed E-state index contributed by atoms with van der Waals surface area (Å²) in [6.45, 7) is 9.89. The van der Waals surface area contributed by atoms with Crippen molar-refractivity contribution in [1.29, 1.82) is 0 Å². The summed E-state index contributed by atoms with van der Waals surface area (Å²) in [5.74, 6) is 0.761. The van der Waals surface area contributed by atoms with Gasteiger partial charge < -0.3 is 9.31 Å². The van der Waals surface area contributed by atoms with E-state index in [2.05, 4.69) is 6.92 Å². The van der Waals surface area contributed by atoms with Crippen LogP contribution in [0.2, 0.25) is 0 Å². The van der Waals surface area contributed by atoms with E-state index in [0.717, 1.165) is 17.7 Å². The number of hydrogen-bond acceptors (Lipinski definition) is 3. The number of thioether (sulfide) groups is 1. The first-order chi connectivity index (χ1) is 7.73. The highest BCUT2D eigenvalue weighted by molar-refractivity contribution is 8.00. The Kier molecular flexibility index (Phi) is 3.39. The van der Waals surface area contributed by atoms with Gasteiger partial charge in [0, 0.05) is 11.0 Å². The van der Waals surface area contributed by atoms with Gasteiger partial charge in [-0.15, -0.1) is 0 Å². The van der Waals surface area contributed by atoms with E-state index in [4.69, 9.17) is 9.31 Å². The van der Waals surface area contributed by atoms with Crippen molar-refractivity contribution in [2.75, 3.05) is 5.75 Å². The second-order valence-electron chi connectivity index (χ2n) is 5.87. The van der Waals surface area contributed by atoms with E-state index >= 15 is 0 Å². The largest absolute Gasteiger partial charge is 0.525 e. The van der Waals surface area contributed by atoms with E-state index in [-0.39, 0.29) is 5.73 Å². The molecule has 0 aromatic heterocycles. The molecule has 0 aromatic rings. The van der Waals surface area contributed by atoms with Gasteiger partial charge in [0.15, 0.2) is 0 Å². The minimum atomic E-state index is -0.819. The third-order valence-corrected chi connectivity index (χ3v) is 5.12. The molecule has 0 N–H and O–H groups in total. The minimum Gasteiger partial charge on any atom is -0.398 e. The Balaban J connectivity index is 2.16. The van der Waals surface area contributed by atoms with Gasteiger partial charge in [0.1, 0.15) is 5.73 Å². The monoisotopic (exact) mass is 258 g/mol. The molecule has 0 saturated carbocycles. The van der Waals surface area contributed by atoms with E-state index in [0.29, 0.717) is 5.25 Å². The molecule has 2 fully saturated rings. The maximum absolute atomic E-state index is 14.3. The van der Waals surface area contributed by atoms with Gasteiger partial charge in [0.05, 0.1) is 11.2 Å². The zero-order valence-corrected chi connectivity index (χ0v) is 12.0. The van der Waals surface area contributed by atoms with Crippen LogP contribution >= 0.6 is 11.8 Å². The summed E-state index contributed by atoms with van der Waals surface area (Å²) in [5, 5.41) is 0.498. The van der Waals surface area contributed by atoms with Crippen molar-refractivity contribution in [3.63, 3.8) is 0 Å². The van der Waals surface area contributed by atoms with Crippen molar-refractivity contribution in [3.05, 3.63) is 11.3 Å². The van der Waals surface area contributed by atoms with Crippen molar-refractivity contribution in [2.24, 2.45) is 0 Å². The highest BCUT2D eigenvalue weighted by Crippen LogP contribution is 2.41. The van der Waals surface area contributed by atoms with E-state index in [9.17, 15) is 4.39 Å². The number of rotatable bonds is 1. The summed E-state index contributed by atoms with van der Waals surface area (Å²) in [5.41, 5.74) is -0.290. The summed E-state index contributed by atoms with van der Waals surface area (Å²) >= 11 is 1.78. The standard InChI is InChI=1S/C12H20BFO2S/c1-8-6-9(7-17-8)10(14)13-15-11(2,3)12(4,5)16-13/h8H,6-7H2,1-5H3. The molecular formula is C12H20BFO2S. The lowest BCUT2D eigenvalue weighted by Gasteiger charge is -2.32. The van der Waals surface area contributed by atoms with E-state index < -0.39 is 18.3 Å². The lowest BCUT2D eigenvalue weighted by Crippen LogP contribution is -2.41. The van der Waals surface area contributed by atoms with Crippen molar-refractivity contribution in [2.45, 2.75) is 57.5 Å². The molecule has 0 spiro atoms. The molecule has 2 rings (SSSR count). The van der Waals surface area contributed by atoms with Crippen LogP contribution in [0.25, 0.3) is 0 Å². The molecule has 96 valence electrons. The third kappa shape index (κ3) is 2.42. The first-order valence-electron chi connectivity index (χ1n) is 6.07. The van der Waals surface area contributed by atoms with Crippen molar-refractivity contribution in [1.82, 2.24) is 0 Å². The van der Waals surface area contributed by atoms with Crippen LogP contribution in [-0.4, -0.2) is 29.3 Å². The van der Waals surface area contributed by atoms with Crippen LogP contribution in [0.5, 0.6) is 0 Å². The Morgan fingerprint density at radius 1 is 1.29 bits per heavy atom. The fourth-order valence-electron chi connectivity index (χ4n) is 1.99. The predicted octanol–water partition coefficient (Wildman–Crippen LogP) is 3.37. The Hall–Kier alpha value is 0.00494. The van der Waals surface area contributed by atoms with Crippen LogP contribution < -0.4 is 0 Å². The summed E-state index contributed by atoms with van der Waals surface area (Å²) in [6, 6.07) is 0. The summed E-state index contributed by atoms with van der Waals surface area (Å²) in [6.07, 6.45) is 0.806. The van der Waals surface area contributed by atoms with Crippen LogP contribution in [0.15, 0.2) is 11.3 Å². The molecule has 0 amide bonds. The maximum atomic E-state index is 14.3. The van der Waals surface area contributed by atoms with Gasteiger partial charge >= 0.3 is 7.12 Å². The van der Waals surface area contributed by atoms with Crippen LogP contribution in [0.4, 0.5) is 4.39 Å². The van der Waals surface area contributed by atoms with E-state index in [1.54, 1.807) is 11.8 Å². The molecule has 0 aromatic carbocycles. The molecule has 0 bridgehead atoms. The highest BCUT2D eigenvalue weighted by atomic mass is 32.2. The van der Waals surface area contributed by atoms with Gasteiger partial charge in [0.2, 0.25) is 0 Å². The molecule has 2 saturated heterocycles. The van der Waals surface area contributed by atoms with Gasteiger partial charge in [0.25, 0.3) is 0 Å². The van der Waals surface area contributed by atoms with Crippen molar-refractivity contribution < 1.29 is 13.7 Å². The topological polar surface area (TPSA) is 18.5 Å². The first-order valence-corrected chi connectivity index (χ1v) is 7.12. The highest BCUT2D eigenvalue weighted by Gasteiger charge is 2.53. The molecule has 2 nitrogen and oxygen atoms in total. The smallest absolute Gasteiger partial charge is 0.398 e. The Bertz CT molecular complexity index is 338. The SMILES string of the molecule is CC1CC(=C(F)B2OC(C)(C)C(C)(C)O2)CS1. The minimum absolute atomic E-state index is 0.208. The Morgan fingerprint density at radius 3 is 2.24 bits per heavy atom. The fraction of sp³-hybridized carbons (Fsp3) is 0.833. The Labute approximate surface area is 107 Å². The van der Waals surface area contributed by atoms with E-state index in [1.807, 2.05) is 27.7 Å². The second-order valence-corrected chi connectivity index (χ2v) is 7.29. The molecule has 2 heterocycles. The average Bonchev–Trinajstić information content (AvgIpc) is 2.69. The van der Waals surface area contributed by atoms with Crippen LogP contribution in [0.3, 0.4) is 0 Å². The summed E-state index contributed by atoms with van der Waals surface area (Å²) in [4.78, 5) is 0. The first kappa shape index (κ1) is 13.4. The molecule has 0 aliphatic carbocycles. The molecule has 1 unspecified atom stereocenters. The predicted molar refractivity (Wildman–Crippen MR) is 70.8 cm³/mol. The molecule has 1 atom stereocenters. The normalized spacial score (nSPS) is 34.2. The number of hydrogen-bond donors (Lipinski definition) is 0. The zero-order chi connectivity index (χ0) is 12.8. The van der Waals surface area contributed by atoms with Crippen LogP contribution in [0.1, 0.15) is 41.0 Å². The number of halogens is 1. The average molecular weight is 258 g/mol. The molecular weight excluding hydrogens is 238 g/mol. The summed E-state index contributed by atoms with van der Waals surface area (Å²) in [7, 11) is -0.819. The quantitative estimate of drug-likeness (QED) is 0.672. The fourth-order valence-corrected chi connectivity index (χ4v) is 3.05. The lowest BCUT2D eigenvalue weighted by molar-refractivity contribution is 0.00578. The maximum Gasteiger partial charge on any atom is 0.525 e. The van der Waals surface area contributed by atoms with Crippen LogP contribution in [-0.2, 0) is 9.31 Å². The lowest BCUT2D eigenvalue weighted by atomic mass is 9.84.